The molecule has 1 N–H and O–H groups in total. The van der Waals surface area contributed by atoms with E-state index < -0.39 is 0 Å². The number of methoxy groups -OCH3 is 1. The topological polar surface area (TPSA) is 65.4 Å². The fourth-order valence-electron chi connectivity index (χ4n) is 1.12. The second-order valence-corrected chi connectivity index (χ2v) is 3.07. The molecule has 1 heterocycles. The van der Waals surface area contributed by atoms with E-state index in [1.165, 1.54) is 4.68 Å². The van der Waals surface area contributed by atoms with Crippen molar-refractivity contribution in [3.63, 3.8) is 0 Å². The third-order valence-corrected chi connectivity index (χ3v) is 1.79. The van der Waals surface area contributed by atoms with Crippen LogP contribution in [0.15, 0.2) is 6.07 Å². The average Bonchev–Trinajstić information content (AvgIpc) is 2.52. The molecular formula is C9H15N3O3. The standard InChI is InChI=1S/C9H15N3O3/c1-7-6-8(12(2)10-7)9(13)11-15-5-4-14-3/h6H,4-5H2,1-3H3,(H,11,13). The van der Waals surface area contributed by atoms with Gasteiger partial charge in [0.15, 0.2) is 0 Å². The highest BCUT2D eigenvalue weighted by atomic mass is 16.7. The predicted octanol–water partition coefficient (Wildman–Crippen LogP) is 0.0363. The Morgan fingerprint density at radius 3 is 2.87 bits per heavy atom. The highest BCUT2D eigenvalue weighted by Gasteiger charge is 2.11. The molecular weight excluding hydrogens is 198 g/mol. The Kier molecular flexibility index (Phi) is 4.26. The molecule has 0 radical (unpaired) electrons. The van der Waals surface area contributed by atoms with Gasteiger partial charge in [-0.2, -0.15) is 5.10 Å². The van der Waals surface area contributed by atoms with Crippen molar-refractivity contribution < 1.29 is 14.4 Å². The van der Waals surface area contributed by atoms with E-state index in [4.69, 9.17) is 9.57 Å². The third kappa shape index (κ3) is 3.34. The lowest BCUT2D eigenvalue weighted by Gasteiger charge is -2.04. The molecule has 0 aliphatic rings. The summed E-state index contributed by atoms with van der Waals surface area (Å²) in [7, 11) is 3.27. The highest BCUT2D eigenvalue weighted by Crippen LogP contribution is 2.00. The van der Waals surface area contributed by atoms with Gasteiger partial charge in [0, 0.05) is 14.2 Å². The molecule has 0 fully saturated rings. The zero-order chi connectivity index (χ0) is 11.3. The summed E-state index contributed by atoms with van der Waals surface area (Å²) in [5, 5.41) is 4.05. The van der Waals surface area contributed by atoms with Crippen molar-refractivity contribution in [1.82, 2.24) is 15.3 Å². The predicted molar refractivity (Wildman–Crippen MR) is 53.2 cm³/mol. The van der Waals surface area contributed by atoms with Crippen LogP contribution in [0.3, 0.4) is 0 Å². The molecule has 6 heteroatoms. The van der Waals surface area contributed by atoms with Crippen LogP contribution in [0.1, 0.15) is 16.2 Å². The number of rotatable bonds is 5. The molecule has 0 aliphatic heterocycles. The molecule has 1 aromatic rings. The summed E-state index contributed by atoms with van der Waals surface area (Å²) >= 11 is 0. The second kappa shape index (κ2) is 5.47. The lowest BCUT2D eigenvalue weighted by atomic mass is 10.3. The summed E-state index contributed by atoms with van der Waals surface area (Å²) in [5.74, 6) is -0.311. The van der Waals surface area contributed by atoms with Gasteiger partial charge in [-0.1, -0.05) is 0 Å². The molecule has 84 valence electrons. The summed E-state index contributed by atoms with van der Waals surface area (Å²) < 4.78 is 6.27. The molecule has 1 aromatic heterocycles. The van der Waals surface area contributed by atoms with Gasteiger partial charge in [0.05, 0.1) is 18.9 Å². The maximum absolute atomic E-state index is 11.5. The largest absolute Gasteiger partial charge is 0.382 e. The Balaban J connectivity index is 2.43. The number of ether oxygens (including phenoxy) is 1. The maximum Gasteiger partial charge on any atom is 0.293 e. The molecule has 0 aliphatic carbocycles. The zero-order valence-corrected chi connectivity index (χ0v) is 9.11. The Labute approximate surface area is 88.1 Å². The zero-order valence-electron chi connectivity index (χ0n) is 9.11. The van der Waals surface area contributed by atoms with Crippen LogP contribution in [0.4, 0.5) is 0 Å². The van der Waals surface area contributed by atoms with Crippen LogP contribution in [-0.4, -0.2) is 36.0 Å². The van der Waals surface area contributed by atoms with Gasteiger partial charge in [-0.15, -0.1) is 0 Å². The maximum atomic E-state index is 11.5. The minimum absolute atomic E-state index is 0.311. The number of hydrogen-bond donors (Lipinski definition) is 1. The number of nitrogens with zero attached hydrogens (tertiary/aromatic N) is 2. The van der Waals surface area contributed by atoms with Crippen LogP contribution in [-0.2, 0) is 16.6 Å². The lowest BCUT2D eigenvalue weighted by molar-refractivity contribution is 0.00832. The molecule has 15 heavy (non-hydrogen) atoms. The van der Waals surface area contributed by atoms with E-state index in [1.807, 2.05) is 6.92 Å². The van der Waals surface area contributed by atoms with Crippen molar-refractivity contribution in [3.8, 4) is 0 Å². The van der Waals surface area contributed by atoms with Crippen LogP contribution in [0.2, 0.25) is 0 Å². The number of hydrogen-bond acceptors (Lipinski definition) is 4. The molecule has 0 atom stereocenters. The molecule has 0 aromatic carbocycles. The first kappa shape index (κ1) is 11.7. The van der Waals surface area contributed by atoms with E-state index in [1.54, 1.807) is 20.2 Å². The van der Waals surface area contributed by atoms with Gasteiger partial charge in [0.2, 0.25) is 0 Å². The number of aryl methyl sites for hydroxylation is 2. The first-order valence-electron chi connectivity index (χ1n) is 4.57. The van der Waals surface area contributed by atoms with Gasteiger partial charge in [0.1, 0.15) is 5.69 Å². The van der Waals surface area contributed by atoms with E-state index in [0.717, 1.165) is 5.69 Å². The number of nitrogens with one attached hydrogen (secondary N) is 1. The number of carbonyl (C=O) groups excluding carboxylic acids is 1. The Morgan fingerprint density at radius 1 is 1.60 bits per heavy atom. The minimum Gasteiger partial charge on any atom is -0.382 e. The second-order valence-electron chi connectivity index (χ2n) is 3.07. The number of carbonyl (C=O) groups is 1. The van der Waals surface area contributed by atoms with Crippen molar-refractivity contribution in [2.75, 3.05) is 20.3 Å². The van der Waals surface area contributed by atoms with Gasteiger partial charge >= 0.3 is 0 Å². The Bertz CT molecular complexity index is 335. The number of amides is 1. The van der Waals surface area contributed by atoms with Gasteiger partial charge in [-0.05, 0) is 13.0 Å². The van der Waals surface area contributed by atoms with Crippen LogP contribution in [0, 0.1) is 6.92 Å². The van der Waals surface area contributed by atoms with Crippen LogP contribution in [0.25, 0.3) is 0 Å². The summed E-state index contributed by atoms with van der Waals surface area (Å²) in [6.45, 7) is 2.58. The van der Waals surface area contributed by atoms with Crippen molar-refractivity contribution in [1.29, 1.82) is 0 Å². The Morgan fingerprint density at radius 2 is 2.33 bits per heavy atom. The van der Waals surface area contributed by atoms with Crippen LogP contribution >= 0.6 is 0 Å². The van der Waals surface area contributed by atoms with E-state index in [-0.39, 0.29) is 5.91 Å². The third-order valence-electron chi connectivity index (χ3n) is 1.79. The van der Waals surface area contributed by atoms with Gasteiger partial charge in [0.25, 0.3) is 5.91 Å². The first-order valence-corrected chi connectivity index (χ1v) is 4.57. The van der Waals surface area contributed by atoms with Crippen molar-refractivity contribution in [2.45, 2.75) is 6.92 Å². The van der Waals surface area contributed by atoms with Crippen molar-refractivity contribution >= 4 is 5.91 Å². The molecule has 6 nitrogen and oxygen atoms in total. The Hall–Kier alpha value is -1.40. The molecule has 0 spiro atoms. The van der Waals surface area contributed by atoms with Gasteiger partial charge < -0.3 is 4.74 Å². The fraction of sp³-hybridized carbons (Fsp3) is 0.556. The summed E-state index contributed by atoms with van der Waals surface area (Å²) in [6, 6.07) is 1.69. The molecule has 0 bridgehead atoms. The van der Waals surface area contributed by atoms with Crippen LogP contribution in [0.5, 0.6) is 0 Å². The molecule has 0 saturated heterocycles. The quantitative estimate of drug-likeness (QED) is 0.554. The molecule has 1 amide bonds. The number of hydroxylamine groups is 1. The average molecular weight is 213 g/mol. The highest BCUT2D eigenvalue weighted by molar-refractivity contribution is 5.91. The normalized spacial score (nSPS) is 10.3. The molecule has 0 unspecified atom stereocenters. The van der Waals surface area contributed by atoms with E-state index >= 15 is 0 Å². The SMILES string of the molecule is COCCONC(=O)c1cc(C)nn1C. The van der Waals surface area contributed by atoms with Gasteiger partial charge in [-0.3, -0.25) is 14.3 Å². The van der Waals surface area contributed by atoms with Crippen molar-refractivity contribution in [3.05, 3.63) is 17.5 Å². The summed E-state index contributed by atoms with van der Waals surface area (Å²) in [4.78, 5) is 16.4. The van der Waals surface area contributed by atoms with E-state index in [0.29, 0.717) is 18.9 Å². The summed E-state index contributed by atoms with van der Waals surface area (Å²) in [5.41, 5.74) is 3.56. The first-order chi connectivity index (χ1) is 7.15. The van der Waals surface area contributed by atoms with E-state index in [9.17, 15) is 4.79 Å². The summed E-state index contributed by atoms with van der Waals surface area (Å²) in [6.07, 6.45) is 0. The smallest absolute Gasteiger partial charge is 0.293 e. The van der Waals surface area contributed by atoms with Crippen LogP contribution < -0.4 is 5.48 Å². The lowest BCUT2D eigenvalue weighted by Crippen LogP contribution is -2.27. The fourth-order valence-corrected chi connectivity index (χ4v) is 1.12. The number of aromatic nitrogens is 2. The van der Waals surface area contributed by atoms with E-state index in [2.05, 4.69) is 10.6 Å². The molecule has 0 saturated carbocycles. The van der Waals surface area contributed by atoms with Crippen molar-refractivity contribution in [2.24, 2.45) is 7.05 Å². The molecule has 1 rings (SSSR count). The monoisotopic (exact) mass is 213 g/mol. The minimum atomic E-state index is -0.311. The van der Waals surface area contributed by atoms with Gasteiger partial charge in [-0.25, -0.2) is 5.48 Å².